The lowest BCUT2D eigenvalue weighted by atomic mass is 9.88. The number of ketones is 1. The summed E-state index contributed by atoms with van der Waals surface area (Å²) in [7, 11) is 1.35. The topological polar surface area (TPSA) is 135 Å². The summed E-state index contributed by atoms with van der Waals surface area (Å²) >= 11 is 0. The van der Waals surface area contributed by atoms with E-state index in [1.54, 1.807) is 6.08 Å². The van der Waals surface area contributed by atoms with Crippen LogP contribution in [-0.2, 0) is 16.0 Å². The molecule has 77 heavy (non-hydrogen) atoms. The summed E-state index contributed by atoms with van der Waals surface area (Å²) in [6, 6.07) is 23.4. The van der Waals surface area contributed by atoms with Crippen LogP contribution in [0.5, 0.6) is 5.75 Å². The maximum absolute atomic E-state index is 11.2. The number of hydrogen-bond acceptors (Lipinski definition) is 7. The zero-order valence-corrected chi connectivity index (χ0v) is 51.7. The first-order valence-corrected chi connectivity index (χ1v) is 28.7. The van der Waals surface area contributed by atoms with Crippen LogP contribution in [-0.4, -0.2) is 58.8 Å². The molecule has 430 valence electrons. The molecule has 0 aliphatic carbocycles. The number of benzene rings is 3. The van der Waals surface area contributed by atoms with Crippen molar-refractivity contribution >= 4 is 29.4 Å². The molecule has 1 saturated heterocycles. The average Bonchev–Trinajstić information content (AvgIpc) is 4.11. The molecule has 10 heteroatoms. The molecular weight excluding hydrogens is 953 g/mol. The maximum Gasteiger partial charge on any atom is 0.407 e. The van der Waals surface area contributed by atoms with Crippen LogP contribution in [0.15, 0.2) is 115 Å². The van der Waals surface area contributed by atoms with E-state index in [1.165, 1.54) is 99.9 Å². The third-order valence-corrected chi connectivity index (χ3v) is 12.1. The van der Waals surface area contributed by atoms with Crippen molar-refractivity contribution in [1.82, 2.24) is 20.2 Å². The molecule has 3 aromatic carbocycles. The second-order valence-electron chi connectivity index (χ2n) is 19.8. The number of amidine groups is 1. The van der Waals surface area contributed by atoms with Gasteiger partial charge in [0.15, 0.2) is 0 Å². The molecule has 0 saturated carbocycles. The molecule has 0 bridgehead atoms. The number of methoxy groups -OCH3 is 1. The van der Waals surface area contributed by atoms with Crippen LogP contribution in [0.3, 0.4) is 0 Å². The monoisotopic (exact) mass is 1060 g/mol. The normalized spacial score (nSPS) is 13.2. The largest absolute Gasteiger partial charge is 0.485 e. The van der Waals surface area contributed by atoms with Crippen LogP contribution < -0.4 is 15.8 Å². The van der Waals surface area contributed by atoms with Crippen molar-refractivity contribution < 1.29 is 19.1 Å². The number of aryl methyl sites for hydroxylation is 3. The van der Waals surface area contributed by atoms with Crippen LogP contribution in [0, 0.1) is 25.7 Å². The molecule has 1 amide bonds. The first-order chi connectivity index (χ1) is 36.8. The number of aromatic amines is 1. The van der Waals surface area contributed by atoms with Crippen molar-refractivity contribution in [2.24, 2.45) is 22.6 Å². The predicted molar refractivity (Wildman–Crippen MR) is 336 cm³/mol. The Morgan fingerprint density at radius 1 is 0.896 bits per heavy atom. The summed E-state index contributed by atoms with van der Waals surface area (Å²) in [4.78, 5) is 34.8. The lowest BCUT2D eigenvalue weighted by molar-refractivity contribution is -0.115. The molecule has 5 rings (SSSR count). The molecule has 0 radical (unpaired) electrons. The van der Waals surface area contributed by atoms with Crippen molar-refractivity contribution in [2.45, 2.75) is 200 Å². The molecule has 4 aromatic rings. The Morgan fingerprint density at radius 2 is 1.49 bits per heavy atom. The highest BCUT2D eigenvalue weighted by Gasteiger charge is 2.29. The van der Waals surface area contributed by atoms with Gasteiger partial charge in [0.1, 0.15) is 29.3 Å². The van der Waals surface area contributed by atoms with Crippen LogP contribution >= 0.6 is 0 Å². The molecule has 2 atom stereocenters. The number of imidazole rings is 1. The fourth-order valence-corrected chi connectivity index (χ4v) is 7.92. The number of hydrogen-bond donors (Lipinski definition) is 3. The number of amides is 1. The van der Waals surface area contributed by atoms with Gasteiger partial charge in [-0.25, -0.2) is 14.8 Å². The van der Waals surface area contributed by atoms with Gasteiger partial charge in [-0.2, -0.15) is 0 Å². The summed E-state index contributed by atoms with van der Waals surface area (Å²) in [5, 5.41) is 2.71. The Kier molecular flexibility index (Phi) is 42.5. The smallest absolute Gasteiger partial charge is 0.407 e. The number of ether oxygens (including phenoxy) is 2. The highest BCUT2D eigenvalue weighted by atomic mass is 16.5. The van der Waals surface area contributed by atoms with Gasteiger partial charge in [0, 0.05) is 36.0 Å². The highest BCUT2D eigenvalue weighted by Crippen LogP contribution is 2.33. The third kappa shape index (κ3) is 31.6. The van der Waals surface area contributed by atoms with Gasteiger partial charge in [0.05, 0.1) is 31.6 Å². The first-order valence-electron chi connectivity index (χ1n) is 28.7. The molecule has 10 nitrogen and oxygen atoms in total. The van der Waals surface area contributed by atoms with Crippen molar-refractivity contribution in [1.29, 1.82) is 0 Å². The zero-order valence-electron chi connectivity index (χ0n) is 51.7. The van der Waals surface area contributed by atoms with Gasteiger partial charge in [-0.15, -0.1) is 6.58 Å². The van der Waals surface area contributed by atoms with E-state index in [9.17, 15) is 9.59 Å². The minimum absolute atomic E-state index is 0.0299. The molecule has 4 N–H and O–H groups in total. The minimum Gasteiger partial charge on any atom is -0.485 e. The summed E-state index contributed by atoms with van der Waals surface area (Å²) in [6.45, 7) is 43.8. The number of allylic oxidation sites excluding steroid dienone is 3. The molecule has 1 fully saturated rings. The van der Waals surface area contributed by atoms with Crippen LogP contribution in [0.25, 0.3) is 22.9 Å². The molecule has 2 unspecified atom stereocenters. The van der Waals surface area contributed by atoms with Gasteiger partial charge >= 0.3 is 6.09 Å². The van der Waals surface area contributed by atoms with Gasteiger partial charge in [0.25, 0.3) is 0 Å². The van der Waals surface area contributed by atoms with E-state index in [0.29, 0.717) is 12.4 Å². The number of alkyl carbamates (subject to hydrolysis) is 1. The van der Waals surface area contributed by atoms with E-state index in [1.807, 2.05) is 19.2 Å². The second-order valence-corrected chi connectivity index (χ2v) is 19.8. The zero-order chi connectivity index (χ0) is 58.7. The van der Waals surface area contributed by atoms with Crippen molar-refractivity contribution in [3.05, 3.63) is 144 Å². The minimum atomic E-state index is -0.435. The van der Waals surface area contributed by atoms with E-state index in [-0.39, 0.29) is 17.9 Å². The number of Topliss-reactive ketones (excluding diaryl/α,β-unsaturated/α-hetero) is 1. The maximum atomic E-state index is 11.2. The van der Waals surface area contributed by atoms with Crippen LogP contribution in [0.4, 0.5) is 4.79 Å². The lowest BCUT2D eigenvalue weighted by Crippen LogP contribution is -2.42. The number of H-pyrrole nitrogens is 1. The van der Waals surface area contributed by atoms with E-state index in [2.05, 4.69) is 213 Å². The quantitative estimate of drug-likeness (QED) is 0.0368. The standard InChI is InChI=1S/C30H32N2O.C14H24N4O2.C10H22.C4H10.C3H6O.C3H8.C3H6/c1-6-30-31-19-28(32-30)25-14-13-21(3)26(18-25)17-22(4)27-15-12-20(2)16-29(27)33-23(5)24-10-8-7-9-11-24;1-4-7-11(10-17-14(19)20-3)18-9-6-8-12(18)13(15)16-5-2;1-5-7-10(8-6-2)9(3)4;1-3-4-2;1-3(2)4;2*1-3-2/h7-19,23H,6H2,1-5H3,(H,31,32);5,7,12H,2,4,6,8-10H2,1,3H3,(H2,15,16)(H,17,19);9-10H,5-8H2,1-4H3;3-4H2,1-2H3;1-2H3;3H2,1-2H3;3H,1H2,2H3/b22-17+;11-7+;;;;;. The first kappa shape index (κ1) is 72.9. The van der Waals surface area contributed by atoms with Gasteiger partial charge < -0.3 is 35.2 Å². The lowest BCUT2D eigenvalue weighted by Gasteiger charge is -2.29. The number of nitrogens with one attached hydrogen (secondary N) is 2. The highest BCUT2D eigenvalue weighted by molar-refractivity contribution is 5.87. The summed E-state index contributed by atoms with van der Waals surface area (Å²) in [5.41, 5.74) is 16.3. The summed E-state index contributed by atoms with van der Waals surface area (Å²) in [5.74, 6) is 4.52. The number of aromatic nitrogens is 2. The molecule has 1 aliphatic heterocycles. The van der Waals surface area contributed by atoms with Crippen molar-refractivity contribution in [2.75, 3.05) is 20.2 Å². The Morgan fingerprint density at radius 3 is 1.99 bits per heavy atom. The molecule has 2 heterocycles. The Balaban J connectivity index is 0. The number of carbonyl (C=O) groups is 2. The Labute approximate surface area is 470 Å². The fraction of sp³-hybridized carbons (Fsp3) is 0.522. The Hall–Kier alpha value is -6.16. The number of nitrogens with zero attached hydrogens (tertiary/aromatic N) is 3. The summed E-state index contributed by atoms with van der Waals surface area (Å²) in [6.07, 6.45) is 22.2. The van der Waals surface area contributed by atoms with E-state index >= 15 is 0 Å². The second kappa shape index (κ2) is 44.9. The van der Waals surface area contributed by atoms with E-state index < -0.39 is 6.09 Å². The molecule has 1 aliphatic rings. The van der Waals surface area contributed by atoms with E-state index in [4.69, 9.17) is 10.5 Å². The van der Waals surface area contributed by atoms with Crippen molar-refractivity contribution in [3.63, 3.8) is 0 Å². The van der Waals surface area contributed by atoms with Crippen LogP contribution in [0.2, 0.25) is 0 Å². The fourth-order valence-electron chi connectivity index (χ4n) is 7.92. The third-order valence-electron chi connectivity index (χ3n) is 12.1. The number of nitrogens with two attached hydrogens (primary N) is 1. The Bertz CT molecular complexity index is 2280. The predicted octanol–water partition coefficient (Wildman–Crippen LogP) is 18.4. The molecule has 0 spiro atoms. The van der Waals surface area contributed by atoms with Gasteiger partial charge in [-0.1, -0.05) is 194 Å². The number of unbranched alkanes of at least 4 members (excludes halogenated alkanes) is 1. The van der Waals surface area contributed by atoms with E-state index in [0.717, 1.165) is 78.2 Å². The number of likely N-dealkylation sites (tertiary alicyclic amines) is 1. The van der Waals surface area contributed by atoms with Gasteiger partial charge in [-0.05, 0) is 120 Å². The number of carbonyl (C=O) groups excluding carboxylic acids is 2. The average molecular weight is 1060 g/mol. The summed E-state index contributed by atoms with van der Waals surface area (Å²) < 4.78 is 11.1. The van der Waals surface area contributed by atoms with Crippen molar-refractivity contribution in [3.8, 4) is 17.0 Å². The molecule has 1 aromatic heterocycles. The van der Waals surface area contributed by atoms with Gasteiger partial charge in [-0.3, -0.25) is 0 Å². The number of aliphatic imine (C=N–C) groups is 1. The SMILES string of the molecule is C=CC.C=CN=C(N)C1CCCN1/C(=C/CC)CNC(=O)OC.CC(C)=O.CCC.CCCC.CCCC(CCC)C(C)C.CCc1ncc(-c2ccc(C)c(/C=C(\C)c3ccc(C)cc3OC(C)c3ccccc3)c2)[nH]1. The molecular formula is C67H108N6O4. The van der Waals surface area contributed by atoms with Crippen LogP contribution in [0.1, 0.15) is 208 Å². The van der Waals surface area contributed by atoms with Gasteiger partial charge in [0.2, 0.25) is 0 Å². The number of rotatable bonds is 19.